The molecule has 8 nitrogen and oxygen atoms in total. The van der Waals surface area contributed by atoms with Gasteiger partial charge in [0.25, 0.3) is 0 Å². The van der Waals surface area contributed by atoms with Gasteiger partial charge in [0.15, 0.2) is 0 Å². The maximum absolute atomic E-state index is 12.2. The molecule has 4 aliphatic rings. The van der Waals surface area contributed by atoms with Gasteiger partial charge in [0.1, 0.15) is 18.8 Å². The number of allylic oxidation sites excluding steroid dienone is 1. The van der Waals surface area contributed by atoms with Crippen molar-refractivity contribution >= 4 is 39.8 Å². The molecule has 3 saturated carbocycles. The number of ether oxygens (including phenoxy) is 4. The summed E-state index contributed by atoms with van der Waals surface area (Å²) in [5.41, 5.74) is 0.418. The molecule has 0 spiro atoms. The lowest BCUT2D eigenvalue weighted by Gasteiger charge is -2.59. The Morgan fingerprint density at radius 2 is 1.54 bits per heavy atom. The molecule has 4 aliphatic carbocycles. The lowest BCUT2D eigenvalue weighted by Crippen LogP contribution is -2.56. The Labute approximate surface area is 227 Å². The number of halogens is 1. The predicted octanol–water partition coefficient (Wildman–Crippen LogP) is 4.52. The maximum Gasteiger partial charge on any atom is 0.302 e. The van der Waals surface area contributed by atoms with Gasteiger partial charge in [-0.15, -0.1) is 0 Å². The third kappa shape index (κ3) is 5.21. The summed E-state index contributed by atoms with van der Waals surface area (Å²) >= 11 is 3.77. The summed E-state index contributed by atoms with van der Waals surface area (Å²) in [7, 11) is 0. The molecule has 0 aromatic rings. The molecule has 0 N–H and O–H groups in total. The largest absolute Gasteiger partial charge is 0.465 e. The lowest BCUT2D eigenvalue weighted by atomic mass is 9.48. The van der Waals surface area contributed by atoms with Crippen LogP contribution in [-0.4, -0.2) is 54.1 Å². The third-order valence-corrected chi connectivity index (χ3v) is 10.9. The van der Waals surface area contributed by atoms with Gasteiger partial charge in [-0.3, -0.25) is 19.2 Å². The fraction of sp³-hybridized carbons (Fsp3) is 0.786. The average Bonchev–Trinajstić information content (AvgIpc) is 3.53. The van der Waals surface area contributed by atoms with Crippen LogP contribution in [0.15, 0.2) is 11.6 Å². The summed E-state index contributed by atoms with van der Waals surface area (Å²) in [4.78, 5) is 47.4. The van der Waals surface area contributed by atoms with Gasteiger partial charge >= 0.3 is 23.9 Å². The summed E-state index contributed by atoms with van der Waals surface area (Å²) in [5, 5.41) is 0. The third-order valence-electron chi connectivity index (χ3n) is 9.53. The van der Waals surface area contributed by atoms with Crippen molar-refractivity contribution in [2.24, 2.45) is 34.0 Å². The second-order valence-corrected chi connectivity index (χ2v) is 13.2. The van der Waals surface area contributed by atoms with Gasteiger partial charge in [-0.2, -0.15) is 0 Å². The summed E-state index contributed by atoms with van der Waals surface area (Å²) < 4.78 is 22.7. The van der Waals surface area contributed by atoms with Crippen LogP contribution in [0.1, 0.15) is 73.6 Å². The highest BCUT2D eigenvalue weighted by molar-refractivity contribution is 9.09. The standard InChI is InChI=1S/C28H39BrO8/c1-15(30)34-13-25(29)26(5)8-7-20-19(10-26)22(36-17(3)32)9-24-27(20,6)12-23(37-18(4)33)21-11-28(21,24)14-35-16(2)31/h7,19,21-25H,8-14H2,1-6H3/t19-,21+,22-,23-,24+,25+,26+,27+,28-/m1/s1. The summed E-state index contributed by atoms with van der Waals surface area (Å²) in [6, 6.07) is 0. The number of fused-ring (bicyclic) bond motifs is 5. The van der Waals surface area contributed by atoms with E-state index in [9.17, 15) is 19.2 Å². The molecule has 9 heteroatoms. The number of carbonyl (C=O) groups excluding carboxylic acids is 4. The Bertz CT molecular complexity index is 1010. The highest BCUT2D eigenvalue weighted by atomic mass is 79.9. The van der Waals surface area contributed by atoms with Gasteiger partial charge < -0.3 is 18.9 Å². The Morgan fingerprint density at radius 1 is 0.919 bits per heavy atom. The Hall–Kier alpha value is -1.90. The number of rotatable bonds is 7. The zero-order valence-corrected chi connectivity index (χ0v) is 24.2. The topological polar surface area (TPSA) is 105 Å². The second-order valence-electron chi connectivity index (χ2n) is 12.1. The molecule has 9 atom stereocenters. The number of carbonyl (C=O) groups is 4. The average molecular weight is 584 g/mol. The first kappa shape index (κ1) is 28.1. The summed E-state index contributed by atoms with van der Waals surface area (Å²) in [6.07, 6.45) is 5.42. The SMILES string of the molecule is CC(=O)OC[C@H](Br)[C@@]1(C)CC=C2[C@@H](C1)[C@H](OC(C)=O)C[C@@H]1[C@@]3(COC(C)=O)C[C@H]3[C@H](OC(C)=O)C[C@@]21C. The number of hydrogen-bond acceptors (Lipinski definition) is 8. The molecule has 4 rings (SSSR count). The molecule has 206 valence electrons. The van der Waals surface area contributed by atoms with Gasteiger partial charge in [0, 0.05) is 44.9 Å². The Balaban J connectivity index is 1.72. The van der Waals surface area contributed by atoms with Crippen LogP contribution in [-0.2, 0) is 38.1 Å². The van der Waals surface area contributed by atoms with Crippen LogP contribution in [0.2, 0.25) is 0 Å². The zero-order chi connectivity index (χ0) is 27.3. The smallest absolute Gasteiger partial charge is 0.302 e. The number of hydrogen-bond donors (Lipinski definition) is 0. The zero-order valence-electron chi connectivity index (χ0n) is 22.6. The van der Waals surface area contributed by atoms with E-state index in [1.165, 1.54) is 33.3 Å². The Morgan fingerprint density at radius 3 is 2.14 bits per heavy atom. The predicted molar refractivity (Wildman–Crippen MR) is 137 cm³/mol. The first-order valence-corrected chi connectivity index (χ1v) is 14.1. The molecule has 37 heavy (non-hydrogen) atoms. The molecule has 0 radical (unpaired) electrons. The van der Waals surface area contributed by atoms with E-state index in [4.69, 9.17) is 18.9 Å². The van der Waals surface area contributed by atoms with Gasteiger partial charge in [-0.25, -0.2) is 0 Å². The molecule has 0 amide bonds. The minimum atomic E-state index is -0.328. The van der Waals surface area contributed by atoms with Crippen LogP contribution in [0, 0.1) is 34.0 Å². The molecule has 3 fully saturated rings. The van der Waals surface area contributed by atoms with Crippen LogP contribution in [0.3, 0.4) is 0 Å². The van der Waals surface area contributed by atoms with Crippen LogP contribution in [0.25, 0.3) is 0 Å². The molecule has 0 bridgehead atoms. The lowest BCUT2D eigenvalue weighted by molar-refractivity contribution is -0.170. The quantitative estimate of drug-likeness (QED) is 0.187. The van der Waals surface area contributed by atoms with Crippen LogP contribution >= 0.6 is 15.9 Å². The number of esters is 4. The fourth-order valence-electron chi connectivity index (χ4n) is 7.81. The fourth-order valence-corrected chi connectivity index (χ4v) is 8.32. The van der Waals surface area contributed by atoms with Gasteiger partial charge in [0.05, 0.1) is 11.4 Å². The van der Waals surface area contributed by atoms with Crippen molar-refractivity contribution in [2.45, 2.75) is 90.7 Å². The van der Waals surface area contributed by atoms with Crippen molar-refractivity contribution in [1.82, 2.24) is 0 Å². The van der Waals surface area contributed by atoms with Crippen molar-refractivity contribution in [3.05, 3.63) is 11.6 Å². The van der Waals surface area contributed by atoms with E-state index in [0.29, 0.717) is 12.8 Å². The molecular weight excluding hydrogens is 544 g/mol. The monoisotopic (exact) mass is 582 g/mol. The van der Waals surface area contributed by atoms with Gasteiger partial charge in [-0.1, -0.05) is 41.4 Å². The van der Waals surface area contributed by atoms with Crippen molar-refractivity contribution in [1.29, 1.82) is 0 Å². The van der Waals surface area contributed by atoms with Gasteiger partial charge in [-0.05, 0) is 48.9 Å². The molecule has 0 aromatic carbocycles. The van der Waals surface area contributed by atoms with Crippen molar-refractivity contribution in [2.75, 3.05) is 13.2 Å². The van der Waals surface area contributed by atoms with Crippen molar-refractivity contribution < 1.29 is 38.1 Å². The number of alkyl halides is 1. The first-order valence-electron chi connectivity index (χ1n) is 13.2. The van der Waals surface area contributed by atoms with E-state index in [2.05, 4.69) is 35.9 Å². The van der Waals surface area contributed by atoms with E-state index >= 15 is 0 Å². The first-order chi connectivity index (χ1) is 17.2. The summed E-state index contributed by atoms with van der Waals surface area (Å²) in [5.74, 6) is -1.04. The molecule has 0 saturated heterocycles. The van der Waals surface area contributed by atoms with Crippen LogP contribution in [0.4, 0.5) is 0 Å². The summed E-state index contributed by atoms with van der Waals surface area (Å²) in [6.45, 7) is 10.7. The van der Waals surface area contributed by atoms with E-state index in [1.807, 2.05) is 0 Å². The maximum atomic E-state index is 12.2. The highest BCUT2D eigenvalue weighted by Gasteiger charge is 2.73. The molecule has 0 aromatic heterocycles. The molecule has 0 unspecified atom stereocenters. The minimum absolute atomic E-state index is 0.0136. The van der Waals surface area contributed by atoms with E-state index < -0.39 is 0 Å². The van der Waals surface area contributed by atoms with E-state index in [1.54, 1.807) is 0 Å². The van der Waals surface area contributed by atoms with Gasteiger partial charge in [0.2, 0.25) is 0 Å². The van der Waals surface area contributed by atoms with E-state index in [0.717, 1.165) is 19.3 Å². The van der Waals surface area contributed by atoms with Crippen molar-refractivity contribution in [3.8, 4) is 0 Å². The Kier molecular flexibility index (Phi) is 7.60. The molecule has 0 aliphatic heterocycles. The molecular formula is C28H39BrO8. The van der Waals surface area contributed by atoms with Crippen LogP contribution in [0.5, 0.6) is 0 Å². The minimum Gasteiger partial charge on any atom is -0.465 e. The highest BCUT2D eigenvalue weighted by Crippen LogP contribution is 2.74. The normalized spacial score (nSPS) is 40.5. The second kappa shape index (κ2) is 10.0. The molecule has 0 heterocycles. The van der Waals surface area contributed by atoms with Crippen molar-refractivity contribution in [3.63, 3.8) is 0 Å². The van der Waals surface area contributed by atoms with E-state index in [-0.39, 0.29) is 88.1 Å². The van der Waals surface area contributed by atoms with Crippen LogP contribution < -0.4 is 0 Å².